The van der Waals surface area contributed by atoms with Gasteiger partial charge in [0, 0.05) is 28.6 Å². The van der Waals surface area contributed by atoms with E-state index in [-0.39, 0.29) is 86.9 Å². The Labute approximate surface area is 153 Å². The van der Waals surface area contributed by atoms with E-state index >= 15 is 0 Å². The quantitative estimate of drug-likeness (QED) is 0.359. The topological polar surface area (TPSA) is 12.4 Å². The molecule has 1 aliphatic rings. The summed E-state index contributed by atoms with van der Waals surface area (Å²) in [5, 5.41) is 0.0756. The SMILES string of the molecule is ClC1=NC(Cl)=C(Cl)S1(Cl)Cl.[H-].[Ir].[K+]. The third kappa shape index (κ3) is 3.82. The monoisotopic (exact) mass is 490 g/mol. The van der Waals surface area contributed by atoms with Crippen molar-refractivity contribution in [3.8, 4) is 0 Å². The minimum absolute atomic E-state index is 0. The van der Waals surface area contributed by atoms with E-state index in [1.54, 1.807) is 0 Å². The Bertz CT molecular complexity index is 246. The number of hydrogen-bond donors (Lipinski definition) is 0. The van der Waals surface area contributed by atoms with Gasteiger partial charge in [0.05, 0.1) is 0 Å². The second kappa shape index (κ2) is 6.95. The van der Waals surface area contributed by atoms with Crippen molar-refractivity contribution in [3.05, 3.63) is 9.52 Å². The molecule has 0 spiro atoms. The predicted molar refractivity (Wildman–Crippen MR) is 52.4 cm³/mol. The van der Waals surface area contributed by atoms with Crippen molar-refractivity contribution < 1.29 is 72.9 Å². The molecule has 1 heterocycles. The van der Waals surface area contributed by atoms with Crippen molar-refractivity contribution in [1.29, 1.82) is 0 Å². The first-order valence-electron chi connectivity index (χ1n) is 1.98. The van der Waals surface area contributed by atoms with Crippen LogP contribution in [0.4, 0.5) is 0 Å². The van der Waals surface area contributed by atoms with E-state index in [1.165, 1.54) is 0 Å². The molecule has 0 N–H and O–H groups in total. The molecule has 1 radical (unpaired) electrons. The standard InChI is InChI=1S/C3Cl5NS.Ir.K.H/c4-1-2(5)10(7,8)3(6)9-1;;;/q;;+1;-1. The number of nitrogens with zero attached hydrogens (tertiary/aromatic N) is 1. The Kier molecular flexibility index (Phi) is 10.3. The van der Waals surface area contributed by atoms with Crippen molar-refractivity contribution in [2.24, 2.45) is 4.99 Å². The van der Waals surface area contributed by atoms with Crippen LogP contribution in [-0.4, -0.2) is 4.50 Å². The second-order valence-electron chi connectivity index (χ2n) is 1.40. The van der Waals surface area contributed by atoms with Crippen LogP contribution >= 0.6 is 64.6 Å². The number of hydrogen-bond acceptors (Lipinski definition) is 1. The van der Waals surface area contributed by atoms with E-state index in [1.807, 2.05) is 0 Å². The number of aliphatic imine (C=N–C) groups is 1. The fraction of sp³-hybridized carbons (Fsp3) is 0. The van der Waals surface area contributed by atoms with Crippen molar-refractivity contribution in [1.82, 2.24) is 0 Å². The van der Waals surface area contributed by atoms with Gasteiger partial charge in [0.2, 0.25) is 0 Å². The van der Waals surface area contributed by atoms with E-state index in [4.69, 9.17) is 56.2 Å². The first kappa shape index (κ1) is 17.9. The maximum absolute atomic E-state index is 5.68. The average molecular weight is 492 g/mol. The van der Waals surface area contributed by atoms with E-state index in [9.17, 15) is 0 Å². The van der Waals surface area contributed by atoms with Crippen LogP contribution in [0.1, 0.15) is 1.43 Å². The molecule has 9 heteroatoms. The maximum Gasteiger partial charge on any atom is 1.00 e. The minimum atomic E-state index is -2.28. The molecule has 0 fully saturated rings. The van der Waals surface area contributed by atoms with Crippen molar-refractivity contribution in [2.75, 3.05) is 0 Å². The van der Waals surface area contributed by atoms with Crippen LogP contribution in [0.5, 0.6) is 0 Å². The van der Waals surface area contributed by atoms with Gasteiger partial charge < -0.3 is 1.43 Å². The van der Waals surface area contributed by atoms with Gasteiger partial charge in [-0.25, -0.2) is 4.99 Å². The van der Waals surface area contributed by atoms with Gasteiger partial charge in [-0.2, -0.15) is 0 Å². The van der Waals surface area contributed by atoms with Crippen LogP contribution < -0.4 is 51.4 Å². The van der Waals surface area contributed by atoms with Gasteiger partial charge in [-0.1, -0.05) is 34.8 Å². The largest absolute Gasteiger partial charge is 1.00 e. The normalized spacial score (nSPS) is 22.2. The summed E-state index contributed by atoms with van der Waals surface area (Å²) in [6, 6.07) is 0. The molecule has 0 atom stereocenters. The molecular formula is C3HCl5IrKNS. The first-order valence-corrected chi connectivity index (χ1v) is 6.40. The molecule has 0 amide bonds. The van der Waals surface area contributed by atoms with Crippen LogP contribution in [-0.2, 0) is 20.1 Å². The molecule has 0 unspecified atom stereocenters. The Morgan fingerprint density at radius 3 is 1.67 bits per heavy atom. The molecule has 1 aliphatic heterocycles. The van der Waals surface area contributed by atoms with Crippen LogP contribution in [0.25, 0.3) is 0 Å². The van der Waals surface area contributed by atoms with E-state index in [0.717, 1.165) is 0 Å². The molecule has 0 saturated carbocycles. The van der Waals surface area contributed by atoms with E-state index in [0.29, 0.717) is 0 Å². The van der Waals surface area contributed by atoms with Crippen LogP contribution in [0.2, 0.25) is 0 Å². The molecule has 1 nitrogen and oxygen atoms in total. The first-order chi connectivity index (χ1) is 4.46. The summed E-state index contributed by atoms with van der Waals surface area (Å²) < 4.78 is 0.188. The molecule has 12 heavy (non-hydrogen) atoms. The molecule has 1 rings (SSSR count). The summed E-state index contributed by atoms with van der Waals surface area (Å²) >= 11 is 16.5. The molecule has 0 aromatic carbocycles. The van der Waals surface area contributed by atoms with Gasteiger partial charge in [0.15, 0.2) is 9.66 Å². The summed E-state index contributed by atoms with van der Waals surface area (Å²) in [6.45, 7) is 0. The molecular weight excluding hydrogens is 491 g/mol. The zero-order valence-electron chi connectivity index (χ0n) is 6.58. The number of halogens is 5. The van der Waals surface area contributed by atoms with Crippen molar-refractivity contribution in [2.45, 2.75) is 0 Å². The third-order valence-corrected chi connectivity index (χ3v) is 6.83. The summed E-state index contributed by atoms with van der Waals surface area (Å²) in [6.07, 6.45) is 0. The van der Waals surface area contributed by atoms with Crippen LogP contribution in [0.3, 0.4) is 0 Å². The molecule has 0 saturated heterocycles. The minimum Gasteiger partial charge on any atom is -1.00 e. The smallest absolute Gasteiger partial charge is 1.00 e. The van der Waals surface area contributed by atoms with Gasteiger partial charge >= 0.3 is 51.4 Å². The zero-order chi connectivity index (χ0) is 7.94. The van der Waals surface area contributed by atoms with Crippen molar-refractivity contribution >= 4 is 69.1 Å². The Morgan fingerprint density at radius 1 is 1.17 bits per heavy atom. The predicted octanol–water partition coefficient (Wildman–Crippen LogP) is 1.43. The second-order valence-corrected chi connectivity index (χ2v) is 7.92. The van der Waals surface area contributed by atoms with Gasteiger partial charge in [-0.05, 0) is 21.4 Å². The van der Waals surface area contributed by atoms with Gasteiger partial charge in [0.25, 0.3) is 0 Å². The molecule has 0 bridgehead atoms. The fourth-order valence-corrected chi connectivity index (χ4v) is 3.07. The summed E-state index contributed by atoms with van der Waals surface area (Å²) in [5.41, 5.74) is 0. The summed E-state index contributed by atoms with van der Waals surface area (Å²) in [4.78, 5) is 3.59. The van der Waals surface area contributed by atoms with E-state index < -0.39 is 8.46 Å². The third-order valence-electron chi connectivity index (χ3n) is 0.785. The Balaban J connectivity index is -0.000000333. The fourth-order valence-electron chi connectivity index (χ4n) is 0.358. The molecule has 0 aromatic heterocycles. The Morgan fingerprint density at radius 2 is 1.58 bits per heavy atom. The van der Waals surface area contributed by atoms with Gasteiger partial charge in [-0.3, -0.25) is 0 Å². The van der Waals surface area contributed by atoms with E-state index in [2.05, 4.69) is 4.99 Å². The van der Waals surface area contributed by atoms with Crippen LogP contribution in [0, 0.1) is 0 Å². The Hall–Kier alpha value is 3.50. The zero-order valence-corrected chi connectivity index (χ0v) is 15.7. The molecule has 0 aromatic rings. The summed E-state index contributed by atoms with van der Waals surface area (Å²) in [7, 11) is 9.07. The number of rotatable bonds is 0. The van der Waals surface area contributed by atoms with Crippen LogP contribution in [0.15, 0.2) is 14.5 Å². The summed E-state index contributed by atoms with van der Waals surface area (Å²) in [5.74, 6) is 0. The average Bonchev–Trinajstić information content (AvgIpc) is 1.97. The maximum atomic E-state index is 5.68. The van der Waals surface area contributed by atoms with Crippen molar-refractivity contribution in [3.63, 3.8) is 0 Å². The van der Waals surface area contributed by atoms with Gasteiger partial charge in [-0.15, -0.1) is 0 Å². The van der Waals surface area contributed by atoms with Gasteiger partial charge in [0.1, 0.15) is 4.36 Å². The molecule has 0 aliphatic carbocycles. The molecule has 69 valence electrons.